The molecule has 0 aromatic heterocycles. The van der Waals surface area contributed by atoms with E-state index in [1.165, 1.54) is 19.4 Å². The molecular weight excluding hydrogens is 314 g/mol. The van der Waals surface area contributed by atoms with Crippen molar-refractivity contribution < 1.29 is 14.3 Å². The standard InChI is InChI=1S/C11H16O.C7H9NO.C3H6O/c1-9(2)7-10-5-4-6-11(8-10)12-3;1-9-7-4-2-3-6(8)5-7;1-3(2)4/h4-6,8-9H,7H2,1-3H3;2-5H,8H2,1H3;1-2H3. The predicted molar refractivity (Wildman–Crippen MR) is 105 cm³/mol. The van der Waals surface area contributed by atoms with E-state index in [0.29, 0.717) is 5.92 Å². The van der Waals surface area contributed by atoms with Crippen LogP contribution in [0.15, 0.2) is 48.5 Å². The third-order valence-electron chi connectivity index (χ3n) is 2.87. The van der Waals surface area contributed by atoms with Crippen LogP contribution >= 0.6 is 0 Å². The maximum absolute atomic E-state index is 9.44. The van der Waals surface area contributed by atoms with E-state index < -0.39 is 0 Å². The minimum atomic E-state index is 0.167. The van der Waals surface area contributed by atoms with Crippen molar-refractivity contribution in [2.75, 3.05) is 20.0 Å². The molecule has 0 unspecified atom stereocenters. The molecule has 0 heterocycles. The second-order valence-electron chi connectivity index (χ2n) is 6.13. The molecule has 25 heavy (non-hydrogen) atoms. The molecule has 0 fully saturated rings. The number of hydrogen-bond donors (Lipinski definition) is 1. The van der Waals surface area contributed by atoms with Crippen LogP contribution in [0.2, 0.25) is 0 Å². The number of nitrogens with two attached hydrogens (primary N) is 1. The number of rotatable bonds is 4. The molecule has 0 amide bonds. The van der Waals surface area contributed by atoms with Gasteiger partial charge in [0.2, 0.25) is 0 Å². The van der Waals surface area contributed by atoms with Crippen molar-refractivity contribution in [1.29, 1.82) is 0 Å². The van der Waals surface area contributed by atoms with Crippen molar-refractivity contribution >= 4 is 11.5 Å². The minimum Gasteiger partial charge on any atom is -0.497 e. The fraction of sp³-hybridized carbons (Fsp3) is 0.381. The Balaban J connectivity index is 0.000000391. The van der Waals surface area contributed by atoms with Gasteiger partial charge in [0.15, 0.2) is 0 Å². The first-order valence-electron chi connectivity index (χ1n) is 8.28. The van der Waals surface area contributed by atoms with Gasteiger partial charge < -0.3 is 20.0 Å². The van der Waals surface area contributed by atoms with E-state index in [1.807, 2.05) is 30.3 Å². The summed E-state index contributed by atoms with van der Waals surface area (Å²) in [5, 5.41) is 0. The molecule has 0 aliphatic heterocycles. The lowest BCUT2D eigenvalue weighted by Gasteiger charge is -2.06. The molecule has 0 saturated carbocycles. The predicted octanol–water partition coefficient (Wildman–Crippen LogP) is 4.77. The first kappa shape index (κ1) is 22.5. The lowest BCUT2D eigenvalue weighted by molar-refractivity contribution is -0.114. The zero-order valence-electron chi connectivity index (χ0n) is 16.2. The summed E-state index contributed by atoms with van der Waals surface area (Å²) in [4.78, 5) is 9.44. The van der Waals surface area contributed by atoms with Crippen LogP contribution in [0.1, 0.15) is 33.3 Å². The number of ketones is 1. The van der Waals surface area contributed by atoms with E-state index >= 15 is 0 Å². The highest BCUT2D eigenvalue weighted by atomic mass is 16.5. The highest BCUT2D eigenvalue weighted by Crippen LogP contribution is 2.15. The Hall–Kier alpha value is -2.49. The quantitative estimate of drug-likeness (QED) is 0.811. The van der Waals surface area contributed by atoms with E-state index in [-0.39, 0.29) is 5.78 Å². The summed E-state index contributed by atoms with van der Waals surface area (Å²) in [5.41, 5.74) is 7.54. The van der Waals surface area contributed by atoms with Gasteiger partial charge in [-0.15, -0.1) is 0 Å². The van der Waals surface area contributed by atoms with Crippen LogP contribution in [-0.4, -0.2) is 20.0 Å². The summed E-state index contributed by atoms with van der Waals surface area (Å²) in [6, 6.07) is 15.6. The molecule has 0 atom stereocenters. The summed E-state index contributed by atoms with van der Waals surface area (Å²) < 4.78 is 10.1. The normalized spacial score (nSPS) is 9.24. The molecule has 0 aliphatic carbocycles. The van der Waals surface area contributed by atoms with Crippen LogP contribution in [0, 0.1) is 5.92 Å². The van der Waals surface area contributed by atoms with E-state index in [9.17, 15) is 4.79 Å². The topological polar surface area (TPSA) is 61.5 Å². The SMILES string of the molecule is CC(C)=O.COc1cccc(CC(C)C)c1.COc1cccc(N)c1. The van der Waals surface area contributed by atoms with Gasteiger partial charge in [0.05, 0.1) is 14.2 Å². The molecule has 0 aliphatic rings. The molecule has 2 aromatic rings. The average Bonchev–Trinajstić information content (AvgIpc) is 2.54. The molecule has 0 bridgehead atoms. The lowest BCUT2D eigenvalue weighted by atomic mass is 10.0. The third kappa shape index (κ3) is 12.6. The molecule has 0 radical (unpaired) electrons. The molecule has 4 nitrogen and oxygen atoms in total. The number of methoxy groups -OCH3 is 2. The van der Waals surface area contributed by atoms with Gasteiger partial charge in [-0.05, 0) is 56.0 Å². The van der Waals surface area contributed by atoms with Crippen LogP contribution in [0.25, 0.3) is 0 Å². The Bertz CT molecular complexity index is 620. The maximum Gasteiger partial charge on any atom is 0.126 e. The highest BCUT2D eigenvalue weighted by Gasteiger charge is 1.98. The van der Waals surface area contributed by atoms with Crippen molar-refractivity contribution in [3.63, 3.8) is 0 Å². The molecule has 4 heteroatoms. The Kier molecular flexibility index (Phi) is 11.6. The number of Topliss-reactive ketones (excluding diaryl/α,β-unsaturated/α-hetero) is 1. The second kappa shape index (κ2) is 12.9. The zero-order chi connectivity index (χ0) is 19.2. The largest absolute Gasteiger partial charge is 0.497 e. The Labute approximate surface area is 152 Å². The van der Waals surface area contributed by atoms with E-state index in [2.05, 4.69) is 26.0 Å². The van der Waals surface area contributed by atoms with Gasteiger partial charge in [-0.3, -0.25) is 0 Å². The summed E-state index contributed by atoms with van der Waals surface area (Å²) >= 11 is 0. The average molecular weight is 345 g/mol. The number of anilines is 1. The van der Waals surface area contributed by atoms with Gasteiger partial charge in [0.1, 0.15) is 17.3 Å². The fourth-order valence-electron chi connectivity index (χ4n) is 1.91. The summed E-state index contributed by atoms with van der Waals surface area (Å²) in [5.74, 6) is 2.63. The Morgan fingerprint density at radius 1 is 0.960 bits per heavy atom. The van der Waals surface area contributed by atoms with Gasteiger partial charge in [0.25, 0.3) is 0 Å². The second-order valence-corrected chi connectivity index (χ2v) is 6.13. The van der Waals surface area contributed by atoms with Gasteiger partial charge in [-0.1, -0.05) is 32.0 Å². The van der Waals surface area contributed by atoms with E-state index in [4.69, 9.17) is 15.2 Å². The molecule has 2 N–H and O–H groups in total. The molecule has 0 saturated heterocycles. The van der Waals surface area contributed by atoms with Gasteiger partial charge in [0, 0.05) is 11.8 Å². The number of hydrogen-bond acceptors (Lipinski definition) is 4. The molecule has 2 rings (SSSR count). The van der Waals surface area contributed by atoms with Gasteiger partial charge in [-0.2, -0.15) is 0 Å². The van der Waals surface area contributed by atoms with Crippen LogP contribution in [-0.2, 0) is 11.2 Å². The minimum absolute atomic E-state index is 0.167. The van der Waals surface area contributed by atoms with Crippen LogP contribution < -0.4 is 15.2 Å². The van der Waals surface area contributed by atoms with E-state index in [0.717, 1.165) is 23.6 Å². The molecular formula is C21H31NO3. The Morgan fingerprint density at radius 3 is 1.84 bits per heavy atom. The van der Waals surface area contributed by atoms with Crippen molar-refractivity contribution in [3.8, 4) is 11.5 Å². The van der Waals surface area contributed by atoms with Crippen LogP contribution in [0.3, 0.4) is 0 Å². The molecule has 138 valence electrons. The van der Waals surface area contributed by atoms with Crippen LogP contribution in [0.4, 0.5) is 5.69 Å². The lowest BCUT2D eigenvalue weighted by Crippen LogP contribution is -1.94. The van der Waals surface area contributed by atoms with Crippen molar-refractivity contribution in [1.82, 2.24) is 0 Å². The van der Waals surface area contributed by atoms with Gasteiger partial charge >= 0.3 is 0 Å². The summed E-state index contributed by atoms with van der Waals surface area (Å²) in [7, 11) is 3.32. The number of carbonyl (C=O) groups excluding carboxylic acids is 1. The van der Waals surface area contributed by atoms with Gasteiger partial charge in [-0.25, -0.2) is 0 Å². The number of ether oxygens (including phenoxy) is 2. The maximum atomic E-state index is 9.44. The fourth-order valence-corrected chi connectivity index (χ4v) is 1.91. The third-order valence-corrected chi connectivity index (χ3v) is 2.87. The van der Waals surface area contributed by atoms with Crippen LogP contribution in [0.5, 0.6) is 11.5 Å². The number of carbonyl (C=O) groups is 1. The number of nitrogen functional groups attached to an aromatic ring is 1. The van der Waals surface area contributed by atoms with Crippen molar-refractivity contribution in [3.05, 3.63) is 54.1 Å². The van der Waals surface area contributed by atoms with Crippen molar-refractivity contribution in [2.45, 2.75) is 34.1 Å². The first-order valence-corrected chi connectivity index (χ1v) is 8.28. The van der Waals surface area contributed by atoms with E-state index in [1.54, 1.807) is 20.3 Å². The Morgan fingerprint density at radius 2 is 1.44 bits per heavy atom. The number of benzene rings is 2. The monoisotopic (exact) mass is 345 g/mol. The summed E-state index contributed by atoms with van der Waals surface area (Å²) in [6.07, 6.45) is 1.12. The molecule has 2 aromatic carbocycles. The smallest absolute Gasteiger partial charge is 0.126 e. The first-order chi connectivity index (χ1) is 11.8. The summed E-state index contributed by atoms with van der Waals surface area (Å²) in [6.45, 7) is 7.50. The molecule has 0 spiro atoms. The zero-order valence-corrected chi connectivity index (χ0v) is 16.2. The highest BCUT2D eigenvalue weighted by molar-refractivity contribution is 5.72. The van der Waals surface area contributed by atoms with Crippen molar-refractivity contribution in [2.24, 2.45) is 5.92 Å².